The van der Waals surface area contributed by atoms with Crippen molar-refractivity contribution < 1.29 is 22.7 Å². The molecule has 0 saturated carbocycles. The zero-order valence-electron chi connectivity index (χ0n) is 18.4. The third kappa shape index (κ3) is 6.13. The zero-order valence-corrected chi connectivity index (χ0v) is 22.4. The van der Waals surface area contributed by atoms with Crippen LogP contribution in [0.3, 0.4) is 0 Å². The number of fused-ring (bicyclic) bond motifs is 1. The number of anilines is 1. The predicted octanol–water partition coefficient (Wildman–Crippen LogP) is 4.03. The highest BCUT2D eigenvalue weighted by Gasteiger charge is 2.29. The van der Waals surface area contributed by atoms with Crippen molar-refractivity contribution in [2.45, 2.75) is 20.6 Å². The summed E-state index contributed by atoms with van der Waals surface area (Å²) in [6.07, 6.45) is 3.40. The van der Waals surface area contributed by atoms with Crippen molar-refractivity contribution in [2.75, 3.05) is 44.1 Å². The minimum absolute atomic E-state index is 0.0664. The summed E-state index contributed by atoms with van der Waals surface area (Å²) in [5.74, 6) is -0.358. The Balaban J connectivity index is 1.59. The first-order valence-electron chi connectivity index (χ1n) is 10.3. The Morgan fingerprint density at radius 1 is 1.17 bits per heavy atom. The number of ether oxygens (including phenoxy) is 2. The van der Waals surface area contributed by atoms with E-state index < -0.39 is 15.7 Å². The number of halogens is 2. The maximum absolute atomic E-state index is 13.5. The van der Waals surface area contributed by atoms with Gasteiger partial charge in [-0.3, -0.25) is 9.78 Å². The normalized spacial score (nSPS) is 14.1. The second-order valence-corrected chi connectivity index (χ2v) is 12.5. The van der Waals surface area contributed by atoms with Crippen molar-refractivity contribution in [2.24, 2.45) is 0 Å². The van der Waals surface area contributed by atoms with Gasteiger partial charge >= 0.3 is 0 Å². The van der Waals surface area contributed by atoms with Gasteiger partial charge < -0.3 is 14.4 Å². The van der Waals surface area contributed by atoms with Crippen LogP contribution in [0.2, 0.25) is 10.0 Å². The molecule has 0 atom stereocenters. The highest BCUT2D eigenvalue weighted by atomic mass is 35.5. The lowest BCUT2D eigenvalue weighted by Crippen LogP contribution is -2.34. The van der Waals surface area contributed by atoms with Gasteiger partial charge in [0.25, 0.3) is 5.91 Å². The molecule has 1 aliphatic rings. The van der Waals surface area contributed by atoms with Crippen molar-refractivity contribution in [3.63, 3.8) is 0 Å². The summed E-state index contributed by atoms with van der Waals surface area (Å²) in [6, 6.07) is 5.02. The molecular weight excluding hydrogens is 555 g/mol. The molecule has 0 N–H and O–H groups in total. The first-order valence-corrected chi connectivity index (χ1v) is 14.4. The lowest BCUT2D eigenvalue weighted by Gasteiger charge is -2.22. The fourth-order valence-corrected chi connectivity index (χ4v) is 7.26. The van der Waals surface area contributed by atoms with Crippen molar-refractivity contribution in [1.29, 1.82) is 0 Å². The average molecular weight is 576 g/mol. The number of amides is 1. The van der Waals surface area contributed by atoms with Crippen LogP contribution < -0.4 is 4.90 Å². The van der Waals surface area contributed by atoms with Gasteiger partial charge in [-0.2, -0.15) is 0 Å². The quantitative estimate of drug-likeness (QED) is 0.331. The maximum atomic E-state index is 13.5. The number of hydrogen-bond donors (Lipinski definition) is 0. The third-order valence-electron chi connectivity index (χ3n) is 5.06. The Bertz CT molecular complexity index is 1320. The number of aryl methyl sites for hydroxylation is 1. The lowest BCUT2D eigenvalue weighted by atomic mass is 10.1. The molecule has 2 aromatic heterocycles. The molecule has 1 aliphatic heterocycles. The molecule has 4 rings (SSSR count). The summed E-state index contributed by atoms with van der Waals surface area (Å²) in [7, 11) is -1.80. The van der Waals surface area contributed by atoms with E-state index in [0.29, 0.717) is 44.6 Å². The van der Waals surface area contributed by atoms with Gasteiger partial charge in [0.2, 0.25) is 5.01 Å². The number of rotatable bonds is 10. The third-order valence-corrected chi connectivity index (χ3v) is 9.76. The molecule has 1 aromatic carbocycles. The summed E-state index contributed by atoms with van der Waals surface area (Å²) in [5, 5.41) is 9.00. The summed E-state index contributed by atoms with van der Waals surface area (Å²) >= 11 is 14.6. The number of aromatic nitrogens is 3. The second kappa shape index (κ2) is 11.5. The molecule has 1 amide bonds. The topological polar surface area (TPSA) is 112 Å². The van der Waals surface area contributed by atoms with Gasteiger partial charge in [-0.1, -0.05) is 52.4 Å². The highest BCUT2D eigenvalue weighted by molar-refractivity contribution is 8.01. The van der Waals surface area contributed by atoms with E-state index in [-0.39, 0.29) is 28.8 Å². The predicted molar refractivity (Wildman–Crippen MR) is 135 cm³/mol. The fourth-order valence-electron chi connectivity index (χ4n) is 3.35. The number of carbonyl (C=O) groups excluding carboxylic acids is 1. The summed E-state index contributed by atoms with van der Waals surface area (Å²) in [4.78, 5) is 19.6. The molecule has 0 saturated heterocycles. The number of carbonyl (C=O) groups is 1. The fraction of sp³-hybridized carbons (Fsp3) is 0.333. The van der Waals surface area contributed by atoms with Gasteiger partial charge in [0.1, 0.15) is 0 Å². The Hall–Kier alpha value is -1.80. The van der Waals surface area contributed by atoms with Crippen LogP contribution in [-0.4, -0.2) is 68.7 Å². The van der Waals surface area contributed by atoms with Crippen LogP contribution in [-0.2, 0) is 25.7 Å². The van der Waals surface area contributed by atoms with Crippen molar-refractivity contribution >= 4 is 67.7 Å². The van der Waals surface area contributed by atoms with E-state index in [1.807, 2.05) is 0 Å². The molecule has 3 heterocycles. The number of sulfone groups is 1. The van der Waals surface area contributed by atoms with Crippen LogP contribution in [0.5, 0.6) is 0 Å². The van der Waals surface area contributed by atoms with Gasteiger partial charge in [-0.05, 0) is 24.1 Å². The monoisotopic (exact) mass is 574 g/mol. The Morgan fingerprint density at radius 2 is 1.94 bits per heavy atom. The maximum Gasteiger partial charge on any atom is 0.289 e. The van der Waals surface area contributed by atoms with Crippen LogP contribution in [0.1, 0.15) is 15.4 Å². The number of methoxy groups -OCH3 is 1. The van der Waals surface area contributed by atoms with E-state index in [2.05, 4.69) is 15.2 Å². The molecule has 14 heteroatoms. The second-order valence-electron chi connectivity index (χ2n) is 7.33. The molecule has 0 bridgehead atoms. The highest BCUT2D eigenvalue weighted by Crippen LogP contribution is 2.39. The molecular formula is C21H20Cl2N4O5S3. The zero-order chi connectivity index (χ0) is 25.0. The van der Waals surface area contributed by atoms with E-state index >= 15 is 0 Å². The number of nitrogens with zero attached hydrogens (tertiary/aromatic N) is 4. The summed E-state index contributed by atoms with van der Waals surface area (Å²) < 4.78 is 35.9. The van der Waals surface area contributed by atoms with E-state index in [1.165, 1.54) is 35.1 Å². The van der Waals surface area contributed by atoms with Gasteiger partial charge in [0.15, 0.2) is 14.2 Å². The van der Waals surface area contributed by atoms with E-state index in [9.17, 15) is 13.2 Å². The molecule has 0 aliphatic carbocycles. The Kier molecular flexibility index (Phi) is 8.63. The van der Waals surface area contributed by atoms with Crippen molar-refractivity contribution in [3.05, 3.63) is 51.2 Å². The van der Waals surface area contributed by atoms with E-state index in [0.717, 1.165) is 16.9 Å². The van der Waals surface area contributed by atoms with Crippen LogP contribution in [0.15, 0.2) is 44.7 Å². The molecule has 0 unspecified atom stereocenters. The number of benzene rings is 1. The first kappa shape index (κ1) is 26.3. The van der Waals surface area contributed by atoms with Crippen molar-refractivity contribution in [1.82, 2.24) is 15.2 Å². The molecule has 0 fully saturated rings. The Morgan fingerprint density at radius 3 is 2.69 bits per heavy atom. The summed E-state index contributed by atoms with van der Waals surface area (Å²) in [5.41, 5.74) is 1.19. The standard InChI is InChI=1S/C21H20Cl2N4O5S3/c1-31-7-8-32-6-5-27(14-3-2-13-4-9-35(29,30)17(13)10-14)20(28)19-25-26-21(34-19)33-18-15(22)11-24-12-16(18)23/h2-3,10-12H,4-9H2,1H3. The van der Waals surface area contributed by atoms with E-state index in [4.69, 9.17) is 32.7 Å². The van der Waals surface area contributed by atoms with Crippen LogP contribution in [0, 0.1) is 0 Å². The first-order chi connectivity index (χ1) is 16.8. The van der Waals surface area contributed by atoms with Gasteiger partial charge in [0.05, 0.1) is 45.4 Å². The van der Waals surface area contributed by atoms with Crippen LogP contribution in [0.4, 0.5) is 5.69 Å². The van der Waals surface area contributed by atoms with E-state index in [1.54, 1.807) is 19.2 Å². The molecule has 0 radical (unpaired) electrons. The number of pyridine rings is 1. The lowest BCUT2D eigenvalue weighted by molar-refractivity contribution is 0.0722. The molecule has 186 valence electrons. The van der Waals surface area contributed by atoms with Gasteiger partial charge in [-0.25, -0.2) is 8.42 Å². The summed E-state index contributed by atoms with van der Waals surface area (Å²) in [6.45, 7) is 1.19. The van der Waals surface area contributed by atoms with Crippen LogP contribution in [0.25, 0.3) is 0 Å². The molecule has 0 spiro atoms. The molecule has 9 nitrogen and oxygen atoms in total. The average Bonchev–Trinajstić information content (AvgIpc) is 3.42. The van der Waals surface area contributed by atoms with Crippen LogP contribution >= 0.6 is 46.3 Å². The van der Waals surface area contributed by atoms with Gasteiger partial charge in [0, 0.05) is 31.7 Å². The van der Waals surface area contributed by atoms with Gasteiger partial charge in [-0.15, -0.1) is 10.2 Å². The Labute approximate surface area is 220 Å². The minimum atomic E-state index is -3.37. The molecule has 35 heavy (non-hydrogen) atoms. The smallest absolute Gasteiger partial charge is 0.289 e. The molecule has 3 aromatic rings. The largest absolute Gasteiger partial charge is 0.382 e. The number of hydrogen-bond acceptors (Lipinski definition) is 10. The van der Waals surface area contributed by atoms with Crippen molar-refractivity contribution in [3.8, 4) is 0 Å². The SMILES string of the molecule is COCCOCCN(C(=O)c1nnc(Sc2c(Cl)cncc2Cl)s1)c1ccc2c(c1)S(=O)(=O)CC2. The minimum Gasteiger partial charge on any atom is -0.382 e.